The quantitative estimate of drug-likeness (QED) is 0.762. The largest absolute Gasteiger partial charge is 0.481 e. The van der Waals surface area contributed by atoms with Crippen LogP contribution < -0.4 is 4.74 Å². The lowest BCUT2D eigenvalue weighted by molar-refractivity contribution is -0.137. The molecular weight excluding hydrogens is 317 g/mol. The highest BCUT2D eigenvalue weighted by Gasteiger charge is 2.21. The van der Waals surface area contributed by atoms with Gasteiger partial charge in [0.25, 0.3) is 5.91 Å². The lowest BCUT2D eigenvalue weighted by Gasteiger charge is -2.24. The molecule has 0 aliphatic rings. The van der Waals surface area contributed by atoms with E-state index in [2.05, 4.69) is 26.0 Å². The second-order valence-electron chi connectivity index (χ2n) is 6.78. The fraction of sp³-hybridized carbons (Fsp3) is 0.381. The molecule has 0 aromatic heterocycles. The van der Waals surface area contributed by atoms with E-state index in [4.69, 9.17) is 4.74 Å². The lowest BCUT2D eigenvalue weighted by Crippen LogP contribution is -2.37. The van der Waals surface area contributed by atoms with Gasteiger partial charge in [-0.05, 0) is 54.7 Å². The maximum Gasteiger partial charge on any atom is 0.263 e. The topological polar surface area (TPSA) is 29.5 Å². The molecule has 25 heavy (non-hydrogen) atoms. The van der Waals surface area contributed by atoms with Gasteiger partial charge in [-0.2, -0.15) is 0 Å². The summed E-state index contributed by atoms with van der Waals surface area (Å²) < 4.78 is 19.0. The maximum absolute atomic E-state index is 13.0. The molecule has 2 aromatic carbocycles. The van der Waals surface area contributed by atoms with Crippen LogP contribution in [0.25, 0.3) is 0 Å². The Balaban J connectivity index is 2.07. The van der Waals surface area contributed by atoms with E-state index in [1.54, 1.807) is 31.0 Å². The van der Waals surface area contributed by atoms with Crippen LogP contribution in [0.15, 0.2) is 42.5 Å². The van der Waals surface area contributed by atoms with Crippen molar-refractivity contribution < 1.29 is 13.9 Å². The van der Waals surface area contributed by atoms with E-state index in [9.17, 15) is 9.18 Å². The van der Waals surface area contributed by atoms with E-state index in [-0.39, 0.29) is 11.7 Å². The van der Waals surface area contributed by atoms with Crippen molar-refractivity contribution in [3.05, 3.63) is 65.0 Å². The standard InChI is InChI=1S/C21H26FNO2/c1-14(2)19-11-6-15(3)12-20(19)25-16(4)21(24)23(5)13-17-7-9-18(22)10-8-17/h6-12,14,16H,13H2,1-5H3. The number of amides is 1. The first kappa shape index (κ1) is 19.0. The number of benzene rings is 2. The number of hydrogen-bond acceptors (Lipinski definition) is 2. The van der Waals surface area contributed by atoms with Crippen molar-refractivity contribution in [1.29, 1.82) is 0 Å². The SMILES string of the molecule is Cc1ccc(C(C)C)c(OC(C)C(=O)N(C)Cc2ccc(F)cc2)c1. The Labute approximate surface area is 149 Å². The Morgan fingerprint density at radius 2 is 1.76 bits per heavy atom. The van der Waals surface area contributed by atoms with Gasteiger partial charge in [0.2, 0.25) is 0 Å². The lowest BCUT2D eigenvalue weighted by atomic mass is 10.0. The molecule has 0 radical (unpaired) electrons. The van der Waals surface area contributed by atoms with Gasteiger partial charge in [0, 0.05) is 13.6 Å². The molecule has 2 aromatic rings. The second-order valence-corrected chi connectivity index (χ2v) is 6.78. The molecule has 0 aliphatic heterocycles. The molecule has 0 N–H and O–H groups in total. The van der Waals surface area contributed by atoms with Crippen molar-refractivity contribution in [2.24, 2.45) is 0 Å². The number of carbonyl (C=O) groups is 1. The van der Waals surface area contributed by atoms with E-state index in [1.807, 2.05) is 13.0 Å². The molecule has 2 rings (SSSR count). The number of carbonyl (C=O) groups excluding carboxylic acids is 1. The highest BCUT2D eigenvalue weighted by molar-refractivity contribution is 5.80. The molecule has 134 valence electrons. The molecule has 1 unspecified atom stereocenters. The minimum absolute atomic E-state index is 0.111. The molecule has 0 spiro atoms. The van der Waals surface area contributed by atoms with Gasteiger partial charge in [0.1, 0.15) is 11.6 Å². The van der Waals surface area contributed by atoms with Gasteiger partial charge in [-0.25, -0.2) is 4.39 Å². The van der Waals surface area contributed by atoms with Crippen LogP contribution in [0.2, 0.25) is 0 Å². The number of aryl methyl sites for hydroxylation is 1. The van der Waals surface area contributed by atoms with Gasteiger partial charge in [0.05, 0.1) is 0 Å². The monoisotopic (exact) mass is 343 g/mol. The van der Waals surface area contributed by atoms with Gasteiger partial charge in [-0.15, -0.1) is 0 Å². The first-order valence-electron chi connectivity index (χ1n) is 8.54. The van der Waals surface area contributed by atoms with E-state index < -0.39 is 6.10 Å². The van der Waals surface area contributed by atoms with Crippen LogP contribution in [0.5, 0.6) is 5.75 Å². The number of hydrogen-bond donors (Lipinski definition) is 0. The number of likely N-dealkylation sites (N-methyl/N-ethyl adjacent to an activating group) is 1. The molecule has 0 saturated heterocycles. The van der Waals surface area contributed by atoms with E-state index >= 15 is 0 Å². The zero-order valence-corrected chi connectivity index (χ0v) is 15.5. The number of ether oxygens (including phenoxy) is 1. The van der Waals surface area contributed by atoms with Crippen molar-refractivity contribution >= 4 is 5.91 Å². The second kappa shape index (κ2) is 8.15. The van der Waals surface area contributed by atoms with Crippen LogP contribution in [0, 0.1) is 12.7 Å². The molecule has 1 amide bonds. The Hall–Kier alpha value is -2.36. The third-order valence-corrected chi connectivity index (χ3v) is 4.15. The smallest absolute Gasteiger partial charge is 0.263 e. The van der Waals surface area contributed by atoms with Crippen LogP contribution in [0.3, 0.4) is 0 Å². The zero-order valence-electron chi connectivity index (χ0n) is 15.5. The molecule has 0 heterocycles. The average molecular weight is 343 g/mol. The number of nitrogens with zero attached hydrogens (tertiary/aromatic N) is 1. The number of halogens is 1. The van der Waals surface area contributed by atoms with Crippen LogP contribution in [-0.4, -0.2) is 24.0 Å². The predicted octanol–water partition coefficient (Wildman–Crippen LogP) is 4.68. The summed E-state index contributed by atoms with van der Waals surface area (Å²) in [6.45, 7) is 8.38. The first-order valence-corrected chi connectivity index (χ1v) is 8.54. The van der Waals surface area contributed by atoms with Gasteiger partial charge in [0.15, 0.2) is 6.10 Å². The van der Waals surface area contributed by atoms with E-state index in [1.165, 1.54) is 12.1 Å². The normalized spacial score (nSPS) is 12.1. The van der Waals surface area contributed by atoms with Crippen LogP contribution in [0.1, 0.15) is 43.4 Å². The first-order chi connectivity index (χ1) is 11.8. The molecule has 3 nitrogen and oxygen atoms in total. The van der Waals surface area contributed by atoms with Crippen molar-refractivity contribution in [2.45, 2.75) is 46.3 Å². The summed E-state index contributed by atoms with van der Waals surface area (Å²) in [6, 6.07) is 12.2. The molecule has 0 aliphatic carbocycles. The summed E-state index contributed by atoms with van der Waals surface area (Å²) in [5, 5.41) is 0. The van der Waals surface area contributed by atoms with Gasteiger partial charge >= 0.3 is 0 Å². The third-order valence-electron chi connectivity index (χ3n) is 4.15. The minimum atomic E-state index is -0.593. The molecule has 0 bridgehead atoms. The minimum Gasteiger partial charge on any atom is -0.481 e. The molecule has 1 atom stereocenters. The molecular formula is C21H26FNO2. The van der Waals surface area contributed by atoms with Gasteiger partial charge in [-0.3, -0.25) is 4.79 Å². The van der Waals surface area contributed by atoms with Crippen LogP contribution in [-0.2, 0) is 11.3 Å². The number of rotatable bonds is 6. The highest BCUT2D eigenvalue weighted by Crippen LogP contribution is 2.28. The van der Waals surface area contributed by atoms with Crippen LogP contribution in [0.4, 0.5) is 4.39 Å². The summed E-state index contributed by atoms with van der Waals surface area (Å²) in [5.41, 5.74) is 3.06. The fourth-order valence-electron chi connectivity index (χ4n) is 2.71. The molecule has 4 heteroatoms. The van der Waals surface area contributed by atoms with E-state index in [0.29, 0.717) is 12.5 Å². The Kier molecular flexibility index (Phi) is 6.18. The van der Waals surface area contributed by atoms with Gasteiger partial charge < -0.3 is 9.64 Å². The molecule has 0 fully saturated rings. The molecule has 0 saturated carbocycles. The summed E-state index contributed by atoms with van der Waals surface area (Å²) in [7, 11) is 1.73. The van der Waals surface area contributed by atoms with Crippen LogP contribution >= 0.6 is 0 Å². The fourth-order valence-corrected chi connectivity index (χ4v) is 2.71. The third kappa shape index (κ3) is 5.05. The Morgan fingerprint density at radius 1 is 1.12 bits per heavy atom. The Bertz CT molecular complexity index is 725. The zero-order chi connectivity index (χ0) is 18.6. The summed E-state index contributed by atoms with van der Waals surface area (Å²) >= 11 is 0. The van der Waals surface area contributed by atoms with Crippen molar-refractivity contribution in [3.8, 4) is 5.75 Å². The summed E-state index contributed by atoms with van der Waals surface area (Å²) in [5.74, 6) is 0.677. The highest BCUT2D eigenvalue weighted by atomic mass is 19.1. The summed E-state index contributed by atoms with van der Waals surface area (Å²) in [6.07, 6.45) is -0.593. The average Bonchev–Trinajstić information content (AvgIpc) is 2.55. The van der Waals surface area contributed by atoms with E-state index in [0.717, 1.165) is 22.4 Å². The predicted molar refractivity (Wildman–Crippen MR) is 98.2 cm³/mol. The van der Waals surface area contributed by atoms with Crippen molar-refractivity contribution in [2.75, 3.05) is 7.05 Å². The Morgan fingerprint density at radius 3 is 2.36 bits per heavy atom. The van der Waals surface area contributed by atoms with Crippen molar-refractivity contribution in [1.82, 2.24) is 4.90 Å². The summed E-state index contributed by atoms with van der Waals surface area (Å²) in [4.78, 5) is 14.2. The van der Waals surface area contributed by atoms with Gasteiger partial charge in [-0.1, -0.05) is 38.1 Å². The maximum atomic E-state index is 13.0. The van der Waals surface area contributed by atoms with Crippen molar-refractivity contribution in [3.63, 3.8) is 0 Å².